The molecular weight excluding hydrogens is 355 g/mol. The molecule has 2 aromatic rings. The Labute approximate surface area is 166 Å². The molecule has 1 saturated heterocycles. The summed E-state index contributed by atoms with van der Waals surface area (Å²) in [6.07, 6.45) is 0. The van der Waals surface area contributed by atoms with Gasteiger partial charge in [-0.25, -0.2) is 4.39 Å². The summed E-state index contributed by atoms with van der Waals surface area (Å²) in [5.74, 6) is -0.290. The first kappa shape index (κ1) is 20.2. The van der Waals surface area contributed by atoms with Gasteiger partial charge in [0.2, 0.25) is 0 Å². The minimum atomic E-state index is -0.338. The molecule has 0 radical (unpaired) electrons. The Bertz CT molecular complexity index is 898. The van der Waals surface area contributed by atoms with E-state index in [1.165, 1.54) is 35.4 Å². The molecular formula is C23H27FN2O2. The van der Waals surface area contributed by atoms with Crippen LogP contribution in [0.4, 0.5) is 4.39 Å². The van der Waals surface area contributed by atoms with Crippen LogP contribution in [0.5, 0.6) is 0 Å². The van der Waals surface area contributed by atoms with Crippen molar-refractivity contribution in [2.24, 2.45) is 0 Å². The number of amides is 1. The number of ketones is 1. The molecule has 3 rings (SSSR count). The second kappa shape index (κ2) is 8.23. The summed E-state index contributed by atoms with van der Waals surface area (Å²) in [5, 5.41) is 0. The first-order valence-electron chi connectivity index (χ1n) is 9.65. The highest BCUT2D eigenvalue weighted by molar-refractivity contribution is 5.97. The fraction of sp³-hybridized carbons (Fsp3) is 0.391. The highest BCUT2D eigenvalue weighted by Gasteiger charge is 2.23. The van der Waals surface area contributed by atoms with E-state index in [1.54, 1.807) is 6.92 Å². The lowest BCUT2D eigenvalue weighted by Crippen LogP contribution is -2.48. The normalized spacial score (nSPS) is 15.0. The number of rotatable bonds is 4. The van der Waals surface area contributed by atoms with Crippen LogP contribution in [0.3, 0.4) is 0 Å². The van der Waals surface area contributed by atoms with E-state index >= 15 is 0 Å². The molecule has 28 heavy (non-hydrogen) atoms. The molecule has 1 aliphatic rings. The molecule has 0 bridgehead atoms. The van der Waals surface area contributed by atoms with Crippen LogP contribution >= 0.6 is 0 Å². The fourth-order valence-electron chi connectivity index (χ4n) is 4.12. The number of aryl methyl sites for hydroxylation is 2. The molecule has 1 heterocycles. The Morgan fingerprint density at radius 1 is 0.964 bits per heavy atom. The average molecular weight is 382 g/mol. The van der Waals surface area contributed by atoms with Gasteiger partial charge in [-0.15, -0.1) is 0 Å². The SMILES string of the molecule is CC(=O)c1c(C)cc(C)c(CN2CCN(C(=O)c3ccc(F)cc3)CC2)c1C. The number of Topliss-reactive ketones (excluding diaryl/α,β-unsaturated/α-hetero) is 1. The number of hydrogen-bond donors (Lipinski definition) is 0. The zero-order chi connectivity index (χ0) is 20.4. The molecule has 0 aromatic heterocycles. The summed E-state index contributed by atoms with van der Waals surface area (Å²) in [7, 11) is 0. The van der Waals surface area contributed by atoms with Crippen LogP contribution in [-0.2, 0) is 6.54 Å². The van der Waals surface area contributed by atoms with E-state index in [1.807, 2.05) is 18.7 Å². The number of carbonyl (C=O) groups is 2. The molecule has 2 aromatic carbocycles. The van der Waals surface area contributed by atoms with Crippen LogP contribution < -0.4 is 0 Å². The van der Waals surface area contributed by atoms with Crippen molar-refractivity contribution >= 4 is 11.7 Å². The van der Waals surface area contributed by atoms with Gasteiger partial charge in [-0.05, 0) is 74.2 Å². The van der Waals surface area contributed by atoms with Crippen LogP contribution in [0.1, 0.15) is 49.9 Å². The lowest BCUT2D eigenvalue weighted by atomic mass is 9.91. The predicted octanol–water partition coefficient (Wildman–Crippen LogP) is 3.91. The van der Waals surface area contributed by atoms with Crippen LogP contribution in [0.25, 0.3) is 0 Å². The quantitative estimate of drug-likeness (QED) is 0.753. The molecule has 0 N–H and O–H groups in total. The summed E-state index contributed by atoms with van der Waals surface area (Å²) >= 11 is 0. The van der Waals surface area contributed by atoms with Gasteiger partial charge in [-0.1, -0.05) is 6.07 Å². The van der Waals surface area contributed by atoms with Crippen molar-refractivity contribution in [1.29, 1.82) is 0 Å². The standard InChI is InChI=1S/C23H27FN2O2/c1-15-13-16(2)22(18(4)27)17(3)21(15)14-25-9-11-26(12-10-25)23(28)19-5-7-20(24)8-6-19/h5-8,13H,9-12,14H2,1-4H3. The van der Waals surface area contributed by atoms with Gasteiger partial charge in [0.25, 0.3) is 5.91 Å². The monoisotopic (exact) mass is 382 g/mol. The summed E-state index contributed by atoms with van der Waals surface area (Å²) < 4.78 is 13.1. The number of halogens is 1. The molecule has 1 fully saturated rings. The lowest BCUT2D eigenvalue weighted by Gasteiger charge is -2.35. The van der Waals surface area contributed by atoms with E-state index in [0.29, 0.717) is 18.7 Å². The van der Waals surface area contributed by atoms with Gasteiger partial charge < -0.3 is 4.90 Å². The third-order valence-corrected chi connectivity index (χ3v) is 5.62. The van der Waals surface area contributed by atoms with Crippen molar-refractivity contribution in [3.63, 3.8) is 0 Å². The Balaban J connectivity index is 1.68. The van der Waals surface area contributed by atoms with Gasteiger partial charge >= 0.3 is 0 Å². The molecule has 1 amide bonds. The first-order valence-corrected chi connectivity index (χ1v) is 9.65. The van der Waals surface area contributed by atoms with Gasteiger partial charge in [0.15, 0.2) is 5.78 Å². The molecule has 0 atom stereocenters. The van der Waals surface area contributed by atoms with Gasteiger partial charge in [0.1, 0.15) is 5.82 Å². The van der Waals surface area contributed by atoms with Crippen molar-refractivity contribution in [1.82, 2.24) is 9.80 Å². The molecule has 0 aliphatic carbocycles. The number of nitrogens with zero attached hydrogens (tertiary/aromatic N) is 2. The molecule has 5 heteroatoms. The molecule has 4 nitrogen and oxygen atoms in total. The number of piperazine rings is 1. The molecule has 0 saturated carbocycles. The lowest BCUT2D eigenvalue weighted by molar-refractivity contribution is 0.0627. The Hall–Kier alpha value is -2.53. The molecule has 0 spiro atoms. The molecule has 0 unspecified atom stereocenters. The average Bonchev–Trinajstić information content (AvgIpc) is 2.65. The predicted molar refractivity (Wildman–Crippen MR) is 108 cm³/mol. The van der Waals surface area contributed by atoms with Crippen LogP contribution in [0.15, 0.2) is 30.3 Å². The molecule has 1 aliphatic heterocycles. The van der Waals surface area contributed by atoms with Crippen molar-refractivity contribution in [2.75, 3.05) is 26.2 Å². The number of carbonyl (C=O) groups excluding carboxylic acids is 2. The highest BCUT2D eigenvalue weighted by Crippen LogP contribution is 2.25. The molecule has 148 valence electrons. The Kier molecular flexibility index (Phi) is 5.94. The minimum Gasteiger partial charge on any atom is -0.336 e. The number of hydrogen-bond acceptors (Lipinski definition) is 3. The van der Waals surface area contributed by atoms with Gasteiger partial charge in [0, 0.05) is 43.9 Å². The summed E-state index contributed by atoms with van der Waals surface area (Å²) in [5.41, 5.74) is 5.84. The maximum atomic E-state index is 13.1. The van der Waals surface area contributed by atoms with Crippen molar-refractivity contribution < 1.29 is 14.0 Å². The van der Waals surface area contributed by atoms with Crippen molar-refractivity contribution in [3.05, 3.63) is 69.5 Å². The summed E-state index contributed by atoms with van der Waals surface area (Å²) in [6.45, 7) is 11.3. The van der Waals surface area contributed by atoms with E-state index in [0.717, 1.165) is 36.3 Å². The Morgan fingerprint density at radius 2 is 1.57 bits per heavy atom. The van der Waals surface area contributed by atoms with E-state index in [-0.39, 0.29) is 17.5 Å². The topological polar surface area (TPSA) is 40.6 Å². The van der Waals surface area contributed by atoms with E-state index in [4.69, 9.17) is 0 Å². The van der Waals surface area contributed by atoms with E-state index in [9.17, 15) is 14.0 Å². The third-order valence-electron chi connectivity index (χ3n) is 5.62. The van der Waals surface area contributed by atoms with Crippen molar-refractivity contribution in [3.8, 4) is 0 Å². The van der Waals surface area contributed by atoms with Crippen LogP contribution in [0.2, 0.25) is 0 Å². The zero-order valence-electron chi connectivity index (χ0n) is 17.0. The summed E-state index contributed by atoms with van der Waals surface area (Å²) in [4.78, 5) is 28.8. The van der Waals surface area contributed by atoms with Gasteiger partial charge in [-0.3, -0.25) is 14.5 Å². The fourth-order valence-corrected chi connectivity index (χ4v) is 4.12. The second-order valence-corrected chi connectivity index (χ2v) is 7.62. The van der Waals surface area contributed by atoms with Crippen LogP contribution in [-0.4, -0.2) is 47.7 Å². The van der Waals surface area contributed by atoms with Gasteiger partial charge in [-0.2, -0.15) is 0 Å². The smallest absolute Gasteiger partial charge is 0.253 e. The highest BCUT2D eigenvalue weighted by atomic mass is 19.1. The van der Waals surface area contributed by atoms with Gasteiger partial charge in [0.05, 0.1) is 0 Å². The second-order valence-electron chi connectivity index (χ2n) is 7.62. The van der Waals surface area contributed by atoms with E-state index < -0.39 is 0 Å². The Morgan fingerprint density at radius 3 is 2.14 bits per heavy atom. The third kappa shape index (κ3) is 4.14. The number of benzene rings is 2. The van der Waals surface area contributed by atoms with Crippen molar-refractivity contribution in [2.45, 2.75) is 34.2 Å². The first-order chi connectivity index (χ1) is 13.3. The minimum absolute atomic E-state index is 0.0544. The zero-order valence-corrected chi connectivity index (χ0v) is 17.0. The maximum Gasteiger partial charge on any atom is 0.253 e. The summed E-state index contributed by atoms with van der Waals surface area (Å²) in [6, 6.07) is 7.80. The van der Waals surface area contributed by atoms with Crippen LogP contribution in [0, 0.1) is 26.6 Å². The maximum absolute atomic E-state index is 13.1. The van der Waals surface area contributed by atoms with E-state index in [2.05, 4.69) is 17.9 Å². The largest absolute Gasteiger partial charge is 0.336 e.